The third-order valence-corrected chi connectivity index (χ3v) is 3.98. The topological polar surface area (TPSA) is 86.3 Å². The number of ether oxygens (including phenoxy) is 1. The van der Waals surface area contributed by atoms with Crippen molar-refractivity contribution in [1.82, 2.24) is 14.3 Å². The molecule has 1 heterocycles. The number of rotatable bonds is 8. The third-order valence-electron chi connectivity index (χ3n) is 3.98. The molecule has 0 aliphatic rings. The molecule has 0 radical (unpaired) electrons. The van der Waals surface area contributed by atoms with Gasteiger partial charge in [-0.05, 0) is 44.4 Å². The molecule has 1 aromatic heterocycles. The number of benzene rings is 1. The zero-order valence-electron chi connectivity index (χ0n) is 15.2. The number of aromatic nitrogens is 3. The average molecular weight is 347 g/mol. The van der Waals surface area contributed by atoms with E-state index in [1.807, 2.05) is 19.1 Å². The van der Waals surface area contributed by atoms with E-state index in [9.17, 15) is 9.59 Å². The van der Waals surface area contributed by atoms with Crippen molar-refractivity contribution in [3.8, 4) is 5.75 Å². The molecule has 0 spiro atoms. The van der Waals surface area contributed by atoms with Crippen molar-refractivity contribution in [1.29, 1.82) is 0 Å². The van der Waals surface area contributed by atoms with Gasteiger partial charge in [0.25, 0.3) is 0 Å². The van der Waals surface area contributed by atoms with Gasteiger partial charge in [0, 0.05) is 20.0 Å². The first-order chi connectivity index (χ1) is 11.7. The van der Waals surface area contributed by atoms with Gasteiger partial charge in [-0.1, -0.05) is 19.1 Å². The van der Waals surface area contributed by atoms with Crippen LogP contribution in [0.5, 0.6) is 5.75 Å². The van der Waals surface area contributed by atoms with Crippen molar-refractivity contribution >= 4 is 5.97 Å². The van der Waals surface area contributed by atoms with Crippen LogP contribution >= 0.6 is 0 Å². The molecule has 0 atom stereocenters. The number of carboxylic acids is 1. The monoisotopic (exact) mass is 347 g/mol. The highest BCUT2D eigenvalue weighted by molar-refractivity contribution is 5.76. The predicted molar refractivity (Wildman–Crippen MR) is 94.0 cm³/mol. The Kier molecular flexibility index (Phi) is 5.66. The molecule has 7 heteroatoms. The van der Waals surface area contributed by atoms with Crippen LogP contribution in [0.3, 0.4) is 0 Å². The van der Waals surface area contributed by atoms with Crippen LogP contribution in [0, 0.1) is 0 Å². The fraction of sp³-hybridized carbons (Fsp3) is 0.500. The molecule has 7 nitrogen and oxygen atoms in total. The van der Waals surface area contributed by atoms with Crippen LogP contribution in [0.15, 0.2) is 29.1 Å². The van der Waals surface area contributed by atoms with Gasteiger partial charge < -0.3 is 9.84 Å². The Bertz CT molecular complexity index is 788. The van der Waals surface area contributed by atoms with E-state index in [1.54, 1.807) is 23.7 Å². The van der Waals surface area contributed by atoms with Crippen LogP contribution in [0.1, 0.15) is 38.6 Å². The largest absolute Gasteiger partial charge is 0.478 e. The summed E-state index contributed by atoms with van der Waals surface area (Å²) in [6, 6.07) is 7.33. The number of carboxylic acid groups (broad SMARTS) is 1. The summed E-state index contributed by atoms with van der Waals surface area (Å²) >= 11 is 0. The Morgan fingerprint density at radius 3 is 2.44 bits per heavy atom. The molecule has 136 valence electrons. The molecular weight excluding hydrogens is 322 g/mol. The number of hydrogen-bond acceptors (Lipinski definition) is 4. The fourth-order valence-corrected chi connectivity index (χ4v) is 2.51. The Balaban J connectivity index is 2.04. The van der Waals surface area contributed by atoms with Gasteiger partial charge in [0.05, 0.1) is 0 Å². The second-order valence-electron chi connectivity index (χ2n) is 6.54. The summed E-state index contributed by atoms with van der Waals surface area (Å²) in [6.07, 6.45) is 2.28. The minimum atomic E-state index is -1.27. The lowest BCUT2D eigenvalue weighted by atomic mass is 10.1. The number of carbonyl (C=O) groups is 1. The predicted octanol–water partition coefficient (Wildman–Crippen LogP) is 2.02. The van der Waals surface area contributed by atoms with E-state index in [0.717, 1.165) is 24.2 Å². The van der Waals surface area contributed by atoms with E-state index in [2.05, 4.69) is 5.10 Å². The van der Waals surface area contributed by atoms with E-state index < -0.39 is 11.6 Å². The molecule has 0 aliphatic heterocycles. The van der Waals surface area contributed by atoms with E-state index >= 15 is 0 Å². The Hall–Kier alpha value is -2.57. The summed E-state index contributed by atoms with van der Waals surface area (Å²) in [5.41, 5.74) is -0.288. The van der Waals surface area contributed by atoms with Crippen LogP contribution in [0.25, 0.3) is 0 Å². The molecule has 0 saturated carbocycles. The van der Waals surface area contributed by atoms with Crippen molar-refractivity contribution in [2.24, 2.45) is 7.05 Å². The van der Waals surface area contributed by atoms with Crippen molar-refractivity contribution in [3.63, 3.8) is 0 Å². The molecule has 0 saturated heterocycles. The molecule has 0 unspecified atom stereocenters. The van der Waals surface area contributed by atoms with Gasteiger partial charge in [0.1, 0.15) is 11.6 Å². The van der Waals surface area contributed by atoms with Crippen LogP contribution in [0.2, 0.25) is 0 Å². The van der Waals surface area contributed by atoms with E-state index in [1.165, 1.54) is 18.5 Å². The van der Waals surface area contributed by atoms with Gasteiger partial charge in [-0.15, -0.1) is 0 Å². The lowest BCUT2D eigenvalue weighted by Gasteiger charge is -2.21. The molecule has 2 rings (SSSR count). The number of nitrogens with zero attached hydrogens (tertiary/aromatic N) is 3. The second-order valence-corrected chi connectivity index (χ2v) is 6.54. The fourth-order valence-electron chi connectivity index (χ4n) is 2.51. The highest BCUT2D eigenvalue weighted by Gasteiger charge is 2.29. The summed E-state index contributed by atoms with van der Waals surface area (Å²) in [5, 5.41) is 13.4. The minimum absolute atomic E-state index is 0.0866. The second kappa shape index (κ2) is 7.55. The summed E-state index contributed by atoms with van der Waals surface area (Å²) in [7, 11) is 1.66. The third kappa shape index (κ3) is 4.49. The first kappa shape index (κ1) is 18.8. The maximum absolute atomic E-state index is 12.0. The standard InChI is InChI=1S/C18H25N3O4/c1-5-12-21-15(19-20(4)17(21)24)11-8-13-6-9-14(10-7-13)25-18(2,3)16(22)23/h6-7,9-10H,5,8,11-12H2,1-4H3,(H,22,23). The summed E-state index contributed by atoms with van der Waals surface area (Å²) in [4.78, 5) is 23.1. The first-order valence-corrected chi connectivity index (χ1v) is 8.38. The first-order valence-electron chi connectivity index (χ1n) is 8.38. The van der Waals surface area contributed by atoms with Gasteiger partial charge in [-0.25, -0.2) is 14.3 Å². The normalized spacial score (nSPS) is 11.5. The number of hydrogen-bond donors (Lipinski definition) is 1. The maximum Gasteiger partial charge on any atom is 0.347 e. The summed E-state index contributed by atoms with van der Waals surface area (Å²) < 4.78 is 8.58. The summed E-state index contributed by atoms with van der Waals surface area (Å²) in [5.74, 6) is 0.277. The lowest BCUT2D eigenvalue weighted by Crippen LogP contribution is -2.37. The van der Waals surface area contributed by atoms with Gasteiger partial charge in [-0.3, -0.25) is 4.57 Å². The molecule has 0 aliphatic carbocycles. The number of aryl methyl sites for hydroxylation is 3. The Morgan fingerprint density at radius 2 is 1.88 bits per heavy atom. The van der Waals surface area contributed by atoms with Gasteiger partial charge in [-0.2, -0.15) is 5.10 Å². The molecule has 0 amide bonds. The number of aliphatic carboxylic acids is 1. The van der Waals surface area contributed by atoms with E-state index in [-0.39, 0.29) is 5.69 Å². The SMILES string of the molecule is CCCn1c(CCc2ccc(OC(C)(C)C(=O)O)cc2)nn(C)c1=O. The highest BCUT2D eigenvalue weighted by atomic mass is 16.5. The molecule has 1 N–H and O–H groups in total. The zero-order chi connectivity index (χ0) is 18.6. The van der Waals surface area contributed by atoms with Crippen molar-refractivity contribution in [2.75, 3.05) is 0 Å². The molecule has 1 aromatic carbocycles. The van der Waals surface area contributed by atoms with Crippen LogP contribution < -0.4 is 10.4 Å². The highest BCUT2D eigenvalue weighted by Crippen LogP contribution is 2.19. The van der Waals surface area contributed by atoms with Crippen LogP contribution in [-0.4, -0.2) is 31.0 Å². The Labute approximate surface area is 146 Å². The van der Waals surface area contributed by atoms with Crippen molar-refractivity contribution in [2.45, 2.75) is 52.2 Å². The Morgan fingerprint density at radius 1 is 1.24 bits per heavy atom. The average Bonchev–Trinajstić information content (AvgIpc) is 2.82. The molecule has 0 fully saturated rings. The van der Waals surface area contributed by atoms with Crippen LogP contribution in [0.4, 0.5) is 0 Å². The molecule has 25 heavy (non-hydrogen) atoms. The summed E-state index contributed by atoms with van der Waals surface area (Å²) in [6.45, 7) is 5.72. The smallest absolute Gasteiger partial charge is 0.347 e. The van der Waals surface area contributed by atoms with E-state index in [0.29, 0.717) is 18.7 Å². The molecular formula is C18H25N3O4. The van der Waals surface area contributed by atoms with Crippen LogP contribution in [-0.2, 0) is 31.2 Å². The quantitative estimate of drug-likeness (QED) is 0.789. The zero-order valence-corrected chi connectivity index (χ0v) is 15.2. The molecule has 2 aromatic rings. The van der Waals surface area contributed by atoms with Crippen molar-refractivity contribution < 1.29 is 14.6 Å². The lowest BCUT2D eigenvalue weighted by molar-refractivity contribution is -0.152. The van der Waals surface area contributed by atoms with Gasteiger partial charge in [0.2, 0.25) is 0 Å². The molecule has 0 bridgehead atoms. The van der Waals surface area contributed by atoms with Gasteiger partial charge >= 0.3 is 11.7 Å². The minimum Gasteiger partial charge on any atom is -0.478 e. The maximum atomic E-state index is 12.0. The van der Waals surface area contributed by atoms with Crippen molar-refractivity contribution in [3.05, 3.63) is 46.1 Å². The van der Waals surface area contributed by atoms with Gasteiger partial charge in [0.15, 0.2) is 5.60 Å². The van der Waals surface area contributed by atoms with E-state index in [4.69, 9.17) is 9.84 Å².